The molecule has 112 valence electrons. The van der Waals surface area contributed by atoms with E-state index in [0.717, 1.165) is 25.8 Å². The van der Waals surface area contributed by atoms with Crippen molar-refractivity contribution in [3.8, 4) is 0 Å². The minimum Gasteiger partial charge on any atom is -0.444 e. The second-order valence-electron chi connectivity index (χ2n) is 6.28. The number of hydrogen-bond donors (Lipinski definition) is 1. The second-order valence-corrected chi connectivity index (χ2v) is 6.28. The summed E-state index contributed by atoms with van der Waals surface area (Å²) in [5.74, 6) is 0. The Balaban J connectivity index is 2.60. The first kappa shape index (κ1) is 16.2. The van der Waals surface area contributed by atoms with E-state index in [0.29, 0.717) is 19.1 Å². The molecule has 1 fully saturated rings. The Bertz CT molecular complexity index is 289. The molecule has 0 bridgehead atoms. The highest BCUT2D eigenvalue weighted by atomic mass is 16.6. The van der Waals surface area contributed by atoms with Crippen LogP contribution in [0.3, 0.4) is 0 Å². The van der Waals surface area contributed by atoms with Gasteiger partial charge in [0.15, 0.2) is 0 Å². The Hall–Kier alpha value is -0.810. The summed E-state index contributed by atoms with van der Waals surface area (Å²) in [7, 11) is 2.00. The smallest absolute Gasteiger partial charge is 0.410 e. The Morgan fingerprint density at radius 3 is 2.68 bits per heavy atom. The number of nitrogens with zero attached hydrogens (tertiary/aromatic N) is 2. The number of amides is 1. The molecule has 0 radical (unpaired) electrons. The van der Waals surface area contributed by atoms with Gasteiger partial charge in [-0.15, -0.1) is 0 Å². The number of ether oxygens (including phenoxy) is 1. The Kier molecular flexibility index (Phi) is 6.07. The molecule has 1 amide bonds. The van der Waals surface area contributed by atoms with Crippen molar-refractivity contribution in [3.05, 3.63) is 0 Å². The van der Waals surface area contributed by atoms with Gasteiger partial charge in [-0.3, -0.25) is 4.90 Å². The lowest BCUT2D eigenvalue weighted by Crippen LogP contribution is -2.45. The van der Waals surface area contributed by atoms with Gasteiger partial charge in [0, 0.05) is 25.7 Å². The summed E-state index contributed by atoms with van der Waals surface area (Å²) in [6.45, 7) is 7.91. The molecule has 1 atom stereocenters. The number of hydrogen-bond acceptors (Lipinski definition) is 4. The molecule has 1 rings (SSSR count). The maximum Gasteiger partial charge on any atom is 0.410 e. The molecule has 1 unspecified atom stereocenters. The van der Waals surface area contributed by atoms with Crippen molar-refractivity contribution in [1.29, 1.82) is 0 Å². The van der Waals surface area contributed by atoms with E-state index in [9.17, 15) is 4.79 Å². The van der Waals surface area contributed by atoms with E-state index in [1.54, 1.807) is 4.90 Å². The lowest BCUT2D eigenvalue weighted by Gasteiger charge is -2.32. The molecule has 1 aliphatic heterocycles. The van der Waals surface area contributed by atoms with Crippen LogP contribution in [0.4, 0.5) is 4.79 Å². The molecule has 0 aromatic heterocycles. The van der Waals surface area contributed by atoms with Crippen molar-refractivity contribution in [2.75, 3.05) is 33.3 Å². The normalized spacial score (nSPS) is 21.4. The summed E-state index contributed by atoms with van der Waals surface area (Å²) >= 11 is 0. The first-order chi connectivity index (χ1) is 8.83. The number of aliphatic hydroxyl groups excluding tert-OH is 1. The standard InChI is InChI=1S/C14H28N2O3/c1-14(2,3)19-13(18)16-8-6-5-7-12(11-16)15(4)9-10-17/h12,17H,5-11H2,1-4H3. The third-order valence-electron chi connectivity index (χ3n) is 3.37. The molecule has 19 heavy (non-hydrogen) atoms. The SMILES string of the molecule is CN(CCO)C1CCCCN(C(=O)OC(C)(C)C)C1. The highest BCUT2D eigenvalue weighted by Gasteiger charge is 2.27. The van der Waals surface area contributed by atoms with E-state index >= 15 is 0 Å². The summed E-state index contributed by atoms with van der Waals surface area (Å²) < 4.78 is 5.44. The molecule has 5 heteroatoms. The number of likely N-dealkylation sites (N-methyl/N-ethyl adjacent to an activating group) is 1. The van der Waals surface area contributed by atoms with Crippen molar-refractivity contribution >= 4 is 6.09 Å². The third kappa shape index (κ3) is 5.78. The van der Waals surface area contributed by atoms with Gasteiger partial charge in [-0.05, 0) is 40.7 Å². The third-order valence-corrected chi connectivity index (χ3v) is 3.37. The van der Waals surface area contributed by atoms with Crippen molar-refractivity contribution in [1.82, 2.24) is 9.80 Å². The molecule has 0 saturated carbocycles. The van der Waals surface area contributed by atoms with E-state index < -0.39 is 5.60 Å². The maximum absolute atomic E-state index is 12.1. The summed E-state index contributed by atoms with van der Waals surface area (Å²) in [5, 5.41) is 9.02. The zero-order valence-corrected chi connectivity index (χ0v) is 12.7. The number of carbonyl (C=O) groups is 1. The Morgan fingerprint density at radius 1 is 1.42 bits per heavy atom. The highest BCUT2D eigenvalue weighted by Crippen LogP contribution is 2.17. The van der Waals surface area contributed by atoms with Crippen LogP contribution in [0.5, 0.6) is 0 Å². The topological polar surface area (TPSA) is 53.0 Å². The predicted molar refractivity (Wildman–Crippen MR) is 75.2 cm³/mol. The van der Waals surface area contributed by atoms with Crippen LogP contribution < -0.4 is 0 Å². The minimum absolute atomic E-state index is 0.152. The van der Waals surface area contributed by atoms with Gasteiger partial charge in [0.1, 0.15) is 5.60 Å². The van der Waals surface area contributed by atoms with Gasteiger partial charge in [0.2, 0.25) is 0 Å². The van der Waals surface area contributed by atoms with Crippen molar-refractivity contribution in [2.45, 2.75) is 51.7 Å². The Morgan fingerprint density at radius 2 is 2.11 bits per heavy atom. The first-order valence-corrected chi connectivity index (χ1v) is 7.12. The summed E-state index contributed by atoms with van der Waals surface area (Å²) in [6.07, 6.45) is 2.97. The lowest BCUT2D eigenvalue weighted by molar-refractivity contribution is 0.0211. The number of aliphatic hydroxyl groups is 1. The van der Waals surface area contributed by atoms with E-state index in [1.807, 2.05) is 27.8 Å². The van der Waals surface area contributed by atoms with E-state index in [1.165, 1.54) is 0 Å². The predicted octanol–water partition coefficient (Wildman–Crippen LogP) is 1.70. The fourth-order valence-electron chi connectivity index (χ4n) is 2.31. The molecular weight excluding hydrogens is 244 g/mol. The summed E-state index contributed by atoms with van der Waals surface area (Å²) in [4.78, 5) is 16.1. The van der Waals surface area contributed by atoms with Crippen LogP contribution in [0.15, 0.2) is 0 Å². The van der Waals surface area contributed by atoms with Crippen LogP contribution in [0.1, 0.15) is 40.0 Å². The number of likely N-dealkylation sites (tertiary alicyclic amines) is 1. The van der Waals surface area contributed by atoms with Crippen molar-refractivity contribution in [2.24, 2.45) is 0 Å². The largest absolute Gasteiger partial charge is 0.444 e. The van der Waals surface area contributed by atoms with Crippen molar-refractivity contribution < 1.29 is 14.6 Å². The van der Waals surface area contributed by atoms with Gasteiger partial charge in [-0.1, -0.05) is 6.42 Å². The maximum atomic E-state index is 12.1. The number of carbonyl (C=O) groups excluding carboxylic acids is 1. The van der Waals surface area contributed by atoms with E-state index in [2.05, 4.69) is 4.90 Å². The van der Waals surface area contributed by atoms with Crippen LogP contribution in [-0.2, 0) is 4.74 Å². The molecule has 0 aromatic carbocycles. The van der Waals surface area contributed by atoms with E-state index in [4.69, 9.17) is 9.84 Å². The zero-order chi connectivity index (χ0) is 14.5. The van der Waals surface area contributed by atoms with Gasteiger partial charge in [0.25, 0.3) is 0 Å². The molecule has 0 aromatic rings. The van der Waals surface area contributed by atoms with Crippen molar-refractivity contribution in [3.63, 3.8) is 0 Å². The van der Waals surface area contributed by atoms with E-state index in [-0.39, 0.29) is 12.7 Å². The summed E-state index contributed by atoms with van der Waals surface area (Å²) in [6, 6.07) is 0.308. The quantitative estimate of drug-likeness (QED) is 0.849. The first-order valence-electron chi connectivity index (χ1n) is 7.12. The summed E-state index contributed by atoms with van der Waals surface area (Å²) in [5.41, 5.74) is -0.449. The minimum atomic E-state index is -0.449. The molecular formula is C14H28N2O3. The average molecular weight is 272 g/mol. The highest BCUT2D eigenvalue weighted by molar-refractivity contribution is 5.68. The molecule has 5 nitrogen and oxygen atoms in total. The zero-order valence-electron chi connectivity index (χ0n) is 12.7. The molecule has 0 spiro atoms. The molecule has 1 saturated heterocycles. The van der Waals surface area contributed by atoms with Gasteiger partial charge in [0.05, 0.1) is 6.61 Å². The van der Waals surface area contributed by atoms with Gasteiger partial charge in [-0.2, -0.15) is 0 Å². The number of rotatable bonds is 3. The van der Waals surface area contributed by atoms with Crippen LogP contribution in [0, 0.1) is 0 Å². The fraction of sp³-hybridized carbons (Fsp3) is 0.929. The monoisotopic (exact) mass is 272 g/mol. The Labute approximate surface area is 116 Å². The molecule has 0 aliphatic carbocycles. The average Bonchev–Trinajstić information content (AvgIpc) is 2.52. The van der Waals surface area contributed by atoms with Gasteiger partial charge >= 0.3 is 6.09 Å². The van der Waals surface area contributed by atoms with Gasteiger partial charge in [-0.25, -0.2) is 4.79 Å². The van der Waals surface area contributed by atoms with Gasteiger partial charge < -0.3 is 14.7 Å². The molecule has 1 N–H and O–H groups in total. The second kappa shape index (κ2) is 7.10. The van der Waals surface area contributed by atoms with Crippen LogP contribution in [-0.4, -0.2) is 65.9 Å². The van der Waals surface area contributed by atoms with Crippen LogP contribution in [0.25, 0.3) is 0 Å². The van der Waals surface area contributed by atoms with Crippen LogP contribution in [0.2, 0.25) is 0 Å². The molecule has 1 heterocycles. The lowest BCUT2D eigenvalue weighted by atomic mass is 10.1. The van der Waals surface area contributed by atoms with Crippen LogP contribution >= 0.6 is 0 Å². The fourth-order valence-corrected chi connectivity index (χ4v) is 2.31. The molecule has 1 aliphatic rings.